The largest absolute Gasteiger partial charge is 0.457 e. The summed E-state index contributed by atoms with van der Waals surface area (Å²) in [6, 6.07) is 20.2. The predicted molar refractivity (Wildman–Crippen MR) is 127 cm³/mol. The summed E-state index contributed by atoms with van der Waals surface area (Å²) in [5.41, 5.74) is 1.83. The molecule has 0 aliphatic heterocycles. The molecule has 0 radical (unpaired) electrons. The first-order valence-corrected chi connectivity index (χ1v) is 10.6. The van der Waals surface area contributed by atoms with Crippen molar-refractivity contribution in [2.45, 2.75) is 19.0 Å². The minimum absolute atomic E-state index is 0.115. The lowest BCUT2D eigenvalue weighted by Gasteiger charge is -2.31. The van der Waals surface area contributed by atoms with Gasteiger partial charge in [0.2, 0.25) is 0 Å². The Balaban J connectivity index is 1.60. The molecular weight excluding hydrogens is 400 g/mol. The topological polar surface area (TPSA) is 59.4 Å². The standard InChI is InChI=1S/C26H28N4O2/c1-18(29(3)4)25(30-14-13-28-17-30)22-6-5-21-16-24(12-9-20(21)15-22)32-23-10-7-19(8-11-23)26(31)27-2/h5-18,25H,1-4H3,(H,27,31). The van der Waals surface area contributed by atoms with Crippen molar-refractivity contribution in [3.8, 4) is 11.5 Å². The molecule has 4 rings (SSSR count). The normalized spacial score (nSPS) is 13.2. The average Bonchev–Trinajstić information content (AvgIpc) is 3.33. The van der Waals surface area contributed by atoms with Gasteiger partial charge in [-0.15, -0.1) is 0 Å². The molecule has 0 saturated heterocycles. The predicted octanol–water partition coefficient (Wildman–Crippen LogP) is 4.73. The molecule has 0 saturated carbocycles. The van der Waals surface area contributed by atoms with Crippen LogP contribution in [0.5, 0.6) is 11.5 Å². The third kappa shape index (κ3) is 4.50. The van der Waals surface area contributed by atoms with E-state index >= 15 is 0 Å². The van der Waals surface area contributed by atoms with Crippen LogP contribution in [0.3, 0.4) is 0 Å². The molecule has 0 fully saturated rings. The number of imidazole rings is 1. The van der Waals surface area contributed by atoms with E-state index in [0.717, 1.165) is 16.5 Å². The summed E-state index contributed by atoms with van der Waals surface area (Å²) in [7, 11) is 5.81. The van der Waals surface area contributed by atoms with Gasteiger partial charge in [-0.2, -0.15) is 0 Å². The molecule has 1 N–H and O–H groups in total. The fourth-order valence-corrected chi connectivity index (χ4v) is 3.86. The second-order valence-corrected chi connectivity index (χ2v) is 8.13. The molecule has 6 heteroatoms. The summed E-state index contributed by atoms with van der Waals surface area (Å²) in [5.74, 6) is 1.33. The van der Waals surface area contributed by atoms with Crippen molar-refractivity contribution < 1.29 is 9.53 Å². The van der Waals surface area contributed by atoms with Crippen molar-refractivity contribution in [1.82, 2.24) is 19.8 Å². The summed E-state index contributed by atoms with van der Waals surface area (Å²) in [6.45, 7) is 2.22. The monoisotopic (exact) mass is 428 g/mol. The average molecular weight is 429 g/mol. The van der Waals surface area contributed by atoms with Gasteiger partial charge in [0.1, 0.15) is 11.5 Å². The summed E-state index contributed by atoms with van der Waals surface area (Å²) in [6.07, 6.45) is 5.71. The first-order chi connectivity index (χ1) is 15.5. The highest BCUT2D eigenvalue weighted by atomic mass is 16.5. The molecule has 2 unspecified atom stereocenters. The van der Waals surface area contributed by atoms with E-state index in [9.17, 15) is 4.79 Å². The number of likely N-dealkylation sites (N-methyl/N-ethyl adjacent to an activating group) is 1. The van der Waals surface area contributed by atoms with E-state index in [1.807, 2.05) is 30.9 Å². The second-order valence-electron chi connectivity index (χ2n) is 8.13. The van der Waals surface area contributed by atoms with Crippen LogP contribution in [-0.2, 0) is 0 Å². The zero-order valence-electron chi connectivity index (χ0n) is 18.8. The van der Waals surface area contributed by atoms with Gasteiger partial charge < -0.3 is 19.5 Å². The fourth-order valence-electron chi connectivity index (χ4n) is 3.86. The molecule has 0 aliphatic carbocycles. The van der Waals surface area contributed by atoms with Crippen LogP contribution in [0.15, 0.2) is 79.4 Å². The highest BCUT2D eigenvalue weighted by molar-refractivity contribution is 5.94. The summed E-state index contributed by atoms with van der Waals surface area (Å²) in [5, 5.41) is 4.88. The number of rotatable bonds is 7. The number of ether oxygens (including phenoxy) is 1. The number of aromatic nitrogens is 2. The SMILES string of the molecule is CNC(=O)c1ccc(Oc2ccc3cc(C(C(C)N(C)C)n4ccnc4)ccc3c2)cc1. The molecule has 4 aromatic rings. The Labute approximate surface area is 188 Å². The van der Waals surface area contributed by atoms with E-state index in [4.69, 9.17) is 4.74 Å². The zero-order chi connectivity index (χ0) is 22.7. The van der Waals surface area contributed by atoms with Gasteiger partial charge >= 0.3 is 0 Å². The minimum atomic E-state index is -0.115. The highest BCUT2D eigenvalue weighted by Gasteiger charge is 2.22. The van der Waals surface area contributed by atoms with Gasteiger partial charge in [-0.3, -0.25) is 4.79 Å². The molecule has 0 spiro atoms. The van der Waals surface area contributed by atoms with Crippen molar-refractivity contribution in [3.05, 3.63) is 90.5 Å². The molecular formula is C26H28N4O2. The number of hydrogen-bond acceptors (Lipinski definition) is 4. The number of fused-ring (bicyclic) bond motifs is 1. The maximum Gasteiger partial charge on any atom is 0.251 e. The minimum Gasteiger partial charge on any atom is -0.457 e. The van der Waals surface area contributed by atoms with Crippen LogP contribution in [0, 0.1) is 0 Å². The lowest BCUT2D eigenvalue weighted by molar-refractivity contribution is 0.0963. The van der Waals surface area contributed by atoms with Crippen LogP contribution in [0.1, 0.15) is 28.9 Å². The fraction of sp³-hybridized carbons (Fsp3) is 0.231. The Morgan fingerprint density at radius 2 is 1.69 bits per heavy atom. The van der Waals surface area contributed by atoms with Crippen molar-refractivity contribution in [2.24, 2.45) is 0 Å². The molecule has 1 aromatic heterocycles. The third-order valence-corrected chi connectivity index (χ3v) is 5.87. The van der Waals surface area contributed by atoms with Crippen LogP contribution in [-0.4, -0.2) is 47.5 Å². The Morgan fingerprint density at radius 3 is 2.34 bits per heavy atom. The van der Waals surface area contributed by atoms with Gasteiger partial charge in [0, 0.05) is 31.0 Å². The molecule has 1 heterocycles. The van der Waals surface area contributed by atoms with Crippen LogP contribution < -0.4 is 10.1 Å². The van der Waals surface area contributed by atoms with Crippen molar-refractivity contribution in [3.63, 3.8) is 0 Å². The molecule has 0 aliphatic rings. The van der Waals surface area contributed by atoms with Gasteiger partial charge in [0.15, 0.2) is 0 Å². The van der Waals surface area contributed by atoms with E-state index in [1.165, 1.54) is 5.56 Å². The Bertz CT molecular complexity index is 1200. The van der Waals surface area contributed by atoms with E-state index in [0.29, 0.717) is 17.4 Å². The van der Waals surface area contributed by atoms with Crippen LogP contribution in [0.4, 0.5) is 0 Å². The van der Waals surface area contributed by atoms with Crippen molar-refractivity contribution in [1.29, 1.82) is 0 Å². The number of carbonyl (C=O) groups excluding carboxylic acids is 1. The quantitative estimate of drug-likeness (QED) is 0.462. The number of nitrogens with one attached hydrogen (secondary N) is 1. The van der Waals surface area contributed by atoms with Gasteiger partial charge in [0.25, 0.3) is 5.91 Å². The van der Waals surface area contributed by atoms with Crippen LogP contribution >= 0.6 is 0 Å². The van der Waals surface area contributed by atoms with Gasteiger partial charge in [-0.1, -0.05) is 18.2 Å². The van der Waals surface area contributed by atoms with Gasteiger partial charge in [-0.05, 0) is 79.8 Å². The van der Waals surface area contributed by atoms with Crippen molar-refractivity contribution >= 4 is 16.7 Å². The van der Waals surface area contributed by atoms with E-state index in [2.05, 4.69) is 65.1 Å². The van der Waals surface area contributed by atoms with Crippen molar-refractivity contribution in [2.75, 3.05) is 21.1 Å². The van der Waals surface area contributed by atoms with Crippen LogP contribution in [0.25, 0.3) is 10.8 Å². The molecule has 6 nitrogen and oxygen atoms in total. The number of hydrogen-bond donors (Lipinski definition) is 1. The smallest absolute Gasteiger partial charge is 0.251 e. The summed E-state index contributed by atoms with van der Waals surface area (Å²) < 4.78 is 8.17. The van der Waals surface area contributed by atoms with Gasteiger partial charge in [0.05, 0.1) is 12.4 Å². The number of carbonyl (C=O) groups is 1. The lowest BCUT2D eigenvalue weighted by Crippen LogP contribution is -2.34. The summed E-state index contributed by atoms with van der Waals surface area (Å²) in [4.78, 5) is 18.2. The molecule has 164 valence electrons. The highest BCUT2D eigenvalue weighted by Crippen LogP contribution is 2.30. The maximum absolute atomic E-state index is 11.7. The van der Waals surface area contributed by atoms with Gasteiger partial charge in [-0.25, -0.2) is 4.98 Å². The lowest BCUT2D eigenvalue weighted by atomic mass is 9.96. The maximum atomic E-state index is 11.7. The molecule has 0 bridgehead atoms. The molecule has 2 atom stereocenters. The Kier molecular flexibility index (Phi) is 6.23. The molecule has 3 aromatic carbocycles. The molecule has 32 heavy (non-hydrogen) atoms. The number of amides is 1. The summed E-state index contributed by atoms with van der Waals surface area (Å²) >= 11 is 0. The first-order valence-electron chi connectivity index (χ1n) is 10.6. The first kappa shape index (κ1) is 21.6. The Hall–Kier alpha value is -3.64. The zero-order valence-corrected chi connectivity index (χ0v) is 18.8. The second kappa shape index (κ2) is 9.24. The van der Waals surface area contributed by atoms with Crippen LogP contribution in [0.2, 0.25) is 0 Å². The molecule has 1 amide bonds. The third-order valence-electron chi connectivity index (χ3n) is 5.87. The van der Waals surface area contributed by atoms with E-state index in [1.54, 1.807) is 31.3 Å². The van der Waals surface area contributed by atoms with E-state index in [-0.39, 0.29) is 11.9 Å². The number of nitrogens with zero attached hydrogens (tertiary/aromatic N) is 3. The van der Waals surface area contributed by atoms with E-state index < -0.39 is 0 Å². The number of benzene rings is 3. The Morgan fingerprint density at radius 1 is 1.00 bits per heavy atom.